The van der Waals surface area contributed by atoms with Gasteiger partial charge in [0.25, 0.3) is 0 Å². The van der Waals surface area contributed by atoms with E-state index in [0.717, 1.165) is 16.9 Å². The van der Waals surface area contributed by atoms with Crippen LogP contribution < -0.4 is 4.74 Å². The number of carbonyl (C=O) groups excluding carboxylic acids is 1. The molecule has 0 aromatic heterocycles. The summed E-state index contributed by atoms with van der Waals surface area (Å²) in [6, 6.07) is 16.1. The normalized spacial score (nSPS) is 12.5. The molecule has 3 nitrogen and oxygen atoms in total. The lowest BCUT2D eigenvalue weighted by atomic mass is 9.88. The van der Waals surface area contributed by atoms with Gasteiger partial charge < -0.3 is 9.47 Å². The van der Waals surface area contributed by atoms with E-state index >= 15 is 0 Å². The van der Waals surface area contributed by atoms with Crippen LogP contribution in [0, 0.1) is 6.92 Å². The quantitative estimate of drug-likeness (QED) is 0.736. The highest BCUT2D eigenvalue weighted by Gasteiger charge is 2.23. The average molecular weight is 326 g/mol. The lowest BCUT2D eigenvalue weighted by Crippen LogP contribution is -2.25. The number of hydrogen-bond donors (Lipinski definition) is 0. The van der Waals surface area contributed by atoms with E-state index < -0.39 is 5.60 Å². The molecule has 0 saturated carbocycles. The largest absolute Gasteiger partial charge is 0.497 e. The molecule has 2 rings (SSSR count). The van der Waals surface area contributed by atoms with Gasteiger partial charge in [-0.15, -0.1) is 0 Å². The first-order valence-corrected chi connectivity index (χ1v) is 8.21. The number of benzene rings is 2. The van der Waals surface area contributed by atoms with Gasteiger partial charge >= 0.3 is 5.97 Å². The van der Waals surface area contributed by atoms with Crippen molar-refractivity contribution in [1.29, 1.82) is 0 Å². The van der Waals surface area contributed by atoms with Gasteiger partial charge in [0, 0.05) is 5.92 Å². The maximum absolute atomic E-state index is 12.4. The Morgan fingerprint density at radius 3 is 2.29 bits per heavy atom. The van der Waals surface area contributed by atoms with E-state index in [2.05, 4.69) is 31.2 Å². The Kier molecular flexibility index (Phi) is 5.66. The van der Waals surface area contributed by atoms with E-state index in [1.165, 1.54) is 5.56 Å². The molecule has 0 fully saturated rings. The number of aryl methyl sites for hydroxylation is 1. The van der Waals surface area contributed by atoms with E-state index in [1.807, 2.05) is 45.0 Å². The summed E-state index contributed by atoms with van der Waals surface area (Å²) in [4.78, 5) is 12.4. The average Bonchev–Trinajstić information content (AvgIpc) is 2.52. The van der Waals surface area contributed by atoms with Crippen molar-refractivity contribution in [3.05, 3.63) is 65.2 Å². The van der Waals surface area contributed by atoms with Gasteiger partial charge in [-0.25, -0.2) is 0 Å². The van der Waals surface area contributed by atoms with Crippen LogP contribution in [0.5, 0.6) is 5.75 Å². The van der Waals surface area contributed by atoms with Crippen LogP contribution >= 0.6 is 0 Å². The number of ether oxygens (including phenoxy) is 2. The van der Waals surface area contributed by atoms with Crippen molar-refractivity contribution in [2.75, 3.05) is 7.11 Å². The van der Waals surface area contributed by atoms with Crippen LogP contribution in [0.15, 0.2) is 48.5 Å². The number of methoxy groups -OCH3 is 1. The predicted molar refractivity (Wildman–Crippen MR) is 96.5 cm³/mol. The minimum atomic E-state index is -0.483. The Morgan fingerprint density at radius 2 is 1.71 bits per heavy atom. The number of esters is 1. The standard InChI is InChI=1S/C21H26O3/c1-15-9-11-16(12-10-15)19(14-20(22)24-21(2,3)4)17-7-6-8-18(13-17)23-5/h6-13,19H,14H2,1-5H3/t19-/m0/s1. The topological polar surface area (TPSA) is 35.5 Å². The van der Waals surface area contributed by atoms with Crippen molar-refractivity contribution >= 4 is 5.97 Å². The first-order valence-electron chi connectivity index (χ1n) is 8.21. The van der Waals surface area contributed by atoms with Gasteiger partial charge in [0.1, 0.15) is 11.4 Å². The van der Waals surface area contributed by atoms with E-state index in [4.69, 9.17) is 9.47 Å². The fourth-order valence-corrected chi connectivity index (χ4v) is 2.64. The van der Waals surface area contributed by atoms with Gasteiger partial charge in [0.05, 0.1) is 13.5 Å². The lowest BCUT2D eigenvalue weighted by Gasteiger charge is -2.23. The van der Waals surface area contributed by atoms with Crippen LogP contribution in [-0.4, -0.2) is 18.7 Å². The molecule has 0 spiro atoms. The Bertz CT molecular complexity index is 681. The summed E-state index contributed by atoms with van der Waals surface area (Å²) in [6.07, 6.45) is 0.299. The molecule has 0 N–H and O–H groups in total. The summed E-state index contributed by atoms with van der Waals surface area (Å²) in [7, 11) is 1.65. The number of rotatable bonds is 5. The van der Waals surface area contributed by atoms with Crippen molar-refractivity contribution in [1.82, 2.24) is 0 Å². The molecule has 0 bridgehead atoms. The molecule has 0 heterocycles. The third-order valence-electron chi connectivity index (χ3n) is 3.77. The van der Waals surface area contributed by atoms with Crippen molar-refractivity contribution in [2.24, 2.45) is 0 Å². The van der Waals surface area contributed by atoms with Gasteiger partial charge in [-0.1, -0.05) is 42.0 Å². The Balaban J connectivity index is 2.34. The van der Waals surface area contributed by atoms with E-state index in [9.17, 15) is 4.79 Å². The fraction of sp³-hybridized carbons (Fsp3) is 0.381. The molecule has 0 unspecified atom stereocenters. The minimum absolute atomic E-state index is 0.0597. The fourth-order valence-electron chi connectivity index (χ4n) is 2.64. The predicted octanol–water partition coefficient (Wildman–Crippen LogP) is 4.87. The molecule has 0 aliphatic rings. The van der Waals surface area contributed by atoms with Gasteiger partial charge in [0.15, 0.2) is 0 Å². The summed E-state index contributed by atoms with van der Waals surface area (Å²) >= 11 is 0. The summed E-state index contributed by atoms with van der Waals surface area (Å²) in [6.45, 7) is 7.71. The first kappa shape index (κ1) is 18.1. The van der Waals surface area contributed by atoms with Gasteiger partial charge in [-0.3, -0.25) is 4.79 Å². The number of carbonyl (C=O) groups is 1. The van der Waals surface area contributed by atoms with Gasteiger partial charge in [-0.2, -0.15) is 0 Å². The Morgan fingerprint density at radius 1 is 1.04 bits per heavy atom. The maximum atomic E-state index is 12.4. The molecule has 24 heavy (non-hydrogen) atoms. The van der Waals surface area contributed by atoms with E-state index in [1.54, 1.807) is 7.11 Å². The van der Waals surface area contributed by atoms with Crippen LogP contribution in [0.1, 0.15) is 49.8 Å². The molecule has 0 aliphatic heterocycles. The van der Waals surface area contributed by atoms with Gasteiger partial charge in [-0.05, 0) is 51.0 Å². The van der Waals surface area contributed by atoms with Crippen LogP contribution in [-0.2, 0) is 9.53 Å². The molecule has 0 amide bonds. The highest BCUT2D eigenvalue weighted by atomic mass is 16.6. The van der Waals surface area contributed by atoms with E-state index in [0.29, 0.717) is 6.42 Å². The summed E-state index contributed by atoms with van der Waals surface area (Å²) in [5.74, 6) is 0.528. The van der Waals surface area contributed by atoms with Crippen LogP contribution in [0.3, 0.4) is 0 Å². The van der Waals surface area contributed by atoms with Gasteiger partial charge in [0.2, 0.25) is 0 Å². The smallest absolute Gasteiger partial charge is 0.307 e. The van der Waals surface area contributed by atoms with Crippen LogP contribution in [0.4, 0.5) is 0 Å². The molecule has 0 radical (unpaired) electrons. The second kappa shape index (κ2) is 7.52. The summed E-state index contributed by atoms with van der Waals surface area (Å²) in [5, 5.41) is 0. The molecule has 128 valence electrons. The second-order valence-corrected chi connectivity index (χ2v) is 7.03. The monoisotopic (exact) mass is 326 g/mol. The van der Waals surface area contributed by atoms with Crippen molar-refractivity contribution in [3.8, 4) is 5.75 Å². The number of hydrogen-bond acceptors (Lipinski definition) is 3. The molecule has 0 saturated heterocycles. The molecule has 2 aromatic carbocycles. The third kappa shape index (κ3) is 5.12. The zero-order valence-corrected chi connectivity index (χ0v) is 15.1. The highest BCUT2D eigenvalue weighted by molar-refractivity contribution is 5.72. The molecule has 3 heteroatoms. The molecular weight excluding hydrogens is 300 g/mol. The van der Waals surface area contributed by atoms with Crippen LogP contribution in [0.25, 0.3) is 0 Å². The van der Waals surface area contributed by atoms with Crippen LogP contribution in [0.2, 0.25) is 0 Å². The molecular formula is C21H26O3. The zero-order chi connectivity index (χ0) is 17.7. The molecule has 1 atom stereocenters. The maximum Gasteiger partial charge on any atom is 0.307 e. The highest BCUT2D eigenvalue weighted by Crippen LogP contribution is 2.31. The Labute approximate surface area is 144 Å². The second-order valence-electron chi connectivity index (χ2n) is 7.03. The SMILES string of the molecule is COc1cccc([C@@H](CC(=O)OC(C)(C)C)c2ccc(C)cc2)c1. The Hall–Kier alpha value is -2.29. The van der Waals surface area contributed by atoms with Crippen molar-refractivity contribution in [2.45, 2.75) is 45.6 Å². The third-order valence-corrected chi connectivity index (χ3v) is 3.77. The van der Waals surface area contributed by atoms with Crippen molar-refractivity contribution < 1.29 is 14.3 Å². The van der Waals surface area contributed by atoms with E-state index in [-0.39, 0.29) is 11.9 Å². The minimum Gasteiger partial charge on any atom is -0.497 e. The zero-order valence-electron chi connectivity index (χ0n) is 15.1. The lowest BCUT2D eigenvalue weighted by molar-refractivity contribution is -0.155. The molecule has 2 aromatic rings. The summed E-state index contributed by atoms with van der Waals surface area (Å²) < 4.78 is 10.9. The van der Waals surface area contributed by atoms with Crippen molar-refractivity contribution in [3.63, 3.8) is 0 Å². The summed E-state index contributed by atoms with van der Waals surface area (Å²) in [5.41, 5.74) is 2.85. The first-order chi connectivity index (χ1) is 11.3. The molecule has 0 aliphatic carbocycles.